The van der Waals surface area contributed by atoms with Gasteiger partial charge in [0.1, 0.15) is 5.75 Å². The third kappa shape index (κ3) is 4.02. The van der Waals surface area contributed by atoms with E-state index in [0.717, 1.165) is 31.2 Å². The van der Waals surface area contributed by atoms with Crippen LogP contribution >= 0.6 is 0 Å². The molecule has 0 spiro atoms. The molecule has 1 atom stereocenters. The second-order valence-electron chi connectivity index (χ2n) is 5.41. The highest BCUT2D eigenvalue weighted by atomic mass is 16.5. The third-order valence-corrected chi connectivity index (χ3v) is 3.73. The molecule has 1 aromatic rings. The van der Waals surface area contributed by atoms with Gasteiger partial charge in [-0.15, -0.1) is 0 Å². The summed E-state index contributed by atoms with van der Waals surface area (Å²) in [7, 11) is 0. The van der Waals surface area contributed by atoms with Gasteiger partial charge in [0.25, 0.3) is 0 Å². The predicted octanol–water partition coefficient (Wildman–Crippen LogP) is 3.41. The Bertz CT molecular complexity index is 343. The first kappa shape index (κ1) is 13.4. The van der Waals surface area contributed by atoms with Crippen LogP contribution in [-0.2, 0) is 6.42 Å². The fraction of sp³-hybridized carbons (Fsp3) is 0.625. The molecule has 2 heteroatoms. The van der Waals surface area contributed by atoms with Gasteiger partial charge in [0.15, 0.2) is 0 Å². The van der Waals surface area contributed by atoms with E-state index < -0.39 is 0 Å². The van der Waals surface area contributed by atoms with Crippen LogP contribution in [0.1, 0.15) is 38.7 Å². The van der Waals surface area contributed by atoms with Gasteiger partial charge in [0, 0.05) is 6.04 Å². The maximum atomic E-state index is 5.80. The number of benzene rings is 1. The smallest absolute Gasteiger partial charge is 0.119 e. The van der Waals surface area contributed by atoms with Crippen LogP contribution in [0.25, 0.3) is 0 Å². The predicted molar refractivity (Wildman–Crippen MR) is 76.1 cm³/mol. The highest BCUT2D eigenvalue weighted by Crippen LogP contribution is 2.27. The molecule has 18 heavy (non-hydrogen) atoms. The van der Waals surface area contributed by atoms with Gasteiger partial charge in [-0.25, -0.2) is 0 Å². The van der Waals surface area contributed by atoms with E-state index in [4.69, 9.17) is 4.74 Å². The Hall–Kier alpha value is -1.02. The van der Waals surface area contributed by atoms with Gasteiger partial charge in [-0.05, 0) is 56.3 Å². The molecule has 0 radical (unpaired) electrons. The van der Waals surface area contributed by atoms with E-state index in [1.807, 2.05) is 0 Å². The van der Waals surface area contributed by atoms with Crippen LogP contribution in [-0.4, -0.2) is 19.2 Å². The Morgan fingerprint density at radius 1 is 1.28 bits per heavy atom. The lowest BCUT2D eigenvalue weighted by molar-refractivity contribution is 0.180. The van der Waals surface area contributed by atoms with Crippen LogP contribution in [0.3, 0.4) is 0 Å². The molecule has 1 fully saturated rings. The lowest BCUT2D eigenvalue weighted by Crippen LogP contribution is -2.27. The average Bonchev–Trinajstić information content (AvgIpc) is 2.29. The van der Waals surface area contributed by atoms with Gasteiger partial charge in [0.05, 0.1) is 6.61 Å². The minimum absolute atomic E-state index is 0.539. The Kier molecular flexibility index (Phi) is 5.06. The van der Waals surface area contributed by atoms with Crippen molar-refractivity contribution in [3.05, 3.63) is 29.8 Å². The fourth-order valence-electron chi connectivity index (χ4n) is 2.37. The van der Waals surface area contributed by atoms with Gasteiger partial charge in [-0.1, -0.05) is 25.5 Å². The number of nitrogens with one attached hydrogen (secondary N) is 1. The molecule has 1 unspecified atom stereocenters. The molecule has 0 amide bonds. The zero-order valence-electron chi connectivity index (χ0n) is 11.6. The molecule has 1 aliphatic carbocycles. The number of ether oxygens (including phenoxy) is 1. The molecule has 0 aromatic heterocycles. The van der Waals surface area contributed by atoms with Crippen LogP contribution in [0.4, 0.5) is 0 Å². The molecule has 1 saturated carbocycles. The van der Waals surface area contributed by atoms with Crippen LogP contribution in [0.15, 0.2) is 24.3 Å². The highest BCUT2D eigenvalue weighted by Gasteiger charge is 2.17. The summed E-state index contributed by atoms with van der Waals surface area (Å²) in [6.07, 6.45) is 5.16. The summed E-state index contributed by atoms with van der Waals surface area (Å²) in [6, 6.07) is 9.12. The number of hydrogen-bond acceptors (Lipinski definition) is 2. The van der Waals surface area contributed by atoms with E-state index in [-0.39, 0.29) is 0 Å². The van der Waals surface area contributed by atoms with Crippen molar-refractivity contribution in [2.45, 2.75) is 45.6 Å². The second kappa shape index (κ2) is 6.79. The first-order valence-corrected chi connectivity index (χ1v) is 7.23. The highest BCUT2D eigenvalue weighted by molar-refractivity contribution is 5.27. The Labute approximate surface area is 111 Å². The Balaban J connectivity index is 1.77. The van der Waals surface area contributed by atoms with Gasteiger partial charge in [0.2, 0.25) is 0 Å². The van der Waals surface area contributed by atoms with Crippen molar-refractivity contribution >= 4 is 0 Å². The number of hydrogen-bond donors (Lipinski definition) is 1. The second-order valence-corrected chi connectivity index (χ2v) is 5.41. The average molecular weight is 247 g/mol. The molecule has 1 aliphatic rings. The first-order valence-electron chi connectivity index (χ1n) is 7.23. The van der Waals surface area contributed by atoms with Crippen molar-refractivity contribution in [2.24, 2.45) is 5.92 Å². The summed E-state index contributed by atoms with van der Waals surface area (Å²) in [5, 5.41) is 3.43. The van der Waals surface area contributed by atoms with E-state index in [9.17, 15) is 0 Å². The minimum Gasteiger partial charge on any atom is -0.493 e. The summed E-state index contributed by atoms with van der Waals surface area (Å²) < 4.78 is 5.80. The van der Waals surface area contributed by atoms with Crippen molar-refractivity contribution in [1.29, 1.82) is 0 Å². The minimum atomic E-state index is 0.539. The van der Waals surface area contributed by atoms with Crippen molar-refractivity contribution < 1.29 is 4.74 Å². The third-order valence-electron chi connectivity index (χ3n) is 3.73. The van der Waals surface area contributed by atoms with Crippen molar-refractivity contribution in [3.63, 3.8) is 0 Å². The zero-order chi connectivity index (χ0) is 12.8. The van der Waals surface area contributed by atoms with Crippen molar-refractivity contribution in [3.8, 4) is 5.75 Å². The van der Waals surface area contributed by atoms with Gasteiger partial charge in [-0.3, -0.25) is 0 Å². The van der Waals surface area contributed by atoms with Crippen LogP contribution in [0.5, 0.6) is 5.75 Å². The lowest BCUT2D eigenvalue weighted by Gasteiger charge is -2.25. The van der Waals surface area contributed by atoms with Crippen LogP contribution < -0.4 is 10.1 Å². The lowest BCUT2D eigenvalue weighted by atomic mass is 9.86. The monoisotopic (exact) mass is 247 g/mol. The molecule has 100 valence electrons. The Morgan fingerprint density at radius 2 is 2.00 bits per heavy atom. The largest absolute Gasteiger partial charge is 0.493 e. The summed E-state index contributed by atoms with van der Waals surface area (Å²) in [6.45, 7) is 6.30. The summed E-state index contributed by atoms with van der Waals surface area (Å²) in [4.78, 5) is 0. The fourth-order valence-corrected chi connectivity index (χ4v) is 2.37. The molecule has 1 aromatic carbocycles. The van der Waals surface area contributed by atoms with E-state index in [1.165, 1.54) is 24.8 Å². The summed E-state index contributed by atoms with van der Waals surface area (Å²) in [5.74, 6) is 1.82. The maximum absolute atomic E-state index is 5.80. The van der Waals surface area contributed by atoms with E-state index in [0.29, 0.717) is 6.04 Å². The molecule has 2 rings (SSSR count). The molecule has 2 nitrogen and oxygen atoms in total. The molecule has 1 N–H and O–H groups in total. The van der Waals surface area contributed by atoms with Crippen LogP contribution in [0, 0.1) is 5.92 Å². The maximum Gasteiger partial charge on any atom is 0.119 e. The van der Waals surface area contributed by atoms with Gasteiger partial charge >= 0.3 is 0 Å². The SMILES string of the molecule is CCNC(C)Cc1ccc(OCC2CCC2)cc1. The van der Waals surface area contributed by atoms with Crippen LogP contribution in [0.2, 0.25) is 0 Å². The first-order chi connectivity index (χ1) is 8.78. The van der Waals surface area contributed by atoms with E-state index in [1.54, 1.807) is 0 Å². The number of likely N-dealkylation sites (N-methyl/N-ethyl adjacent to an activating group) is 1. The van der Waals surface area contributed by atoms with Crippen molar-refractivity contribution in [1.82, 2.24) is 5.32 Å². The van der Waals surface area contributed by atoms with Gasteiger partial charge < -0.3 is 10.1 Å². The number of rotatable bonds is 7. The van der Waals surface area contributed by atoms with Crippen molar-refractivity contribution in [2.75, 3.05) is 13.2 Å². The zero-order valence-corrected chi connectivity index (χ0v) is 11.6. The quantitative estimate of drug-likeness (QED) is 0.797. The topological polar surface area (TPSA) is 21.3 Å². The molecule has 0 heterocycles. The molecular weight excluding hydrogens is 222 g/mol. The molecule has 0 aliphatic heterocycles. The molecule has 0 saturated heterocycles. The molecule has 0 bridgehead atoms. The standard InChI is InChI=1S/C16H25NO/c1-3-17-13(2)11-14-7-9-16(10-8-14)18-12-15-5-4-6-15/h7-10,13,15,17H,3-6,11-12H2,1-2H3. The van der Waals surface area contributed by atoms with E-state index >= 15 is 0 Å². The van der Waals surface area contributed by atoms with E-state index in [2.05, 4.69) is 43.4 Å². The Morgan fingerprint density at radius 3 is 2.56 bits per heavy atom. The molecular formula is C16H25NO. The van der Waals surface area contributed by atoms with Gasteiger partial charge in [-0.2, -0.15) is 0 Å². The normalized spacial score (nSPS) is 17.2. The summed E-state index contributed by atoms with van der Waals surface area (Å²) >= 11 is 0. The summed E-state index contributed by atoms with van der Waals surface area (Å²) in [5.41, 5.74) is 1.37.